The van der Waals surface area contributed by atoms with E-state index in [4.69, 9.17) is 16.6 Å². The number of halogens is 2. The van der Waals surface area contributed by atoms with Crippen molar-refractivity contribution < 1.29 is 9.50 Å². The third-order valence-corrected chi connectivity index (χ3v) is 6.57. The second-order valence-corrected chi connectivity index (χ2v) is 8.98. The predicted octanol–water partition coefficient (Wildman–Crippen LogP) is 5.19. The minimum absolute atomic E-state index is 0.202. The molecule has 0 atom stereocenters. The van der Waals surface area contributed by atoms with Crippen LogP contribution in [0, 0.1) is 5.82 Å². The van der Waals surface area contributed by atoms with Gasteiger partial charge in [0.15, 0.2) is 5.65 Å². The van der Waals surface area contributed by atoms with Crippen molar-refractivity contribution in [3.8, 4) is 0 Å². The Kier molecular flexibility index (Phi) is 5.67. The monoisotopic (exact) mass is 444 g/mol. The van der Waals surface area contributed by atoms with Crippen LogP contribution in [0.4, 0.5) is 22.0 Å². The van der Waals surface area contributed by atoms with Crippen LogP contribution in [-0.4, -0.2) is 36.8 Å². The number of nitrogens with one attached hydrogen (secondary N) is 2. The van der Waals surface area contributed by atoms with Crippen molar-refractivity contribution in [2.75, 3.05) is 10.6 Å². The molecule has 0 radical (unpaired) electrons. The number of rotatable bonds is 5. The maximum atomic E-state index is 14.4. The molecule has 164 valence electrons. The highest BCUT2D eigenvalue weighted by Gasteiger charge is 2.25. The second-order valence-electron chi connectivity index (χ2n) is 8.55. The van der Waals surface area contributed by atoms with Gasteiger partial charge in [0.25, 0.3) is 0 Å². The van der Waals surface area contributed by atoms with Gasteiger partial charge >= 0.3 is 0 Å². The Balaban J connectivity index is 1.49. The number of aliphatic hydroxyl groups excluding tert-OH is 1. The molecule has 0 amide bonds. The molecule has 2 saturated carbocycles. The number of nitrogens with zero attached hydrogens (tertiary/aromatic N) is 4. The van der Waals surface area contributed by atoms with Gasteiger partial charge < -0.3 is 15.7 Å². The topological polar surface area (TPSA) is 87.9 Å². The minimum Gasteiger partial charge on any atom is -0.393 e. The molecular formula is C22H26ClFN6O. The molecule has 2 aliphatic carbocycles. The smallest absolute Gasteiger partial charge is 0.224 e. The molecule has 2 aliphatic rings. The van der Waals surface area contributed by atoms with Crippen molar-refractivity contribution in [2.24, 2.45) is 0 Å². The molecule has 2 heterocycles. The van der Waals surface area contributed by atoms with Gasteiger partial charge in [-0.1, -0.05) is 24.4 Å². The lowest BCUT2D eigenvalue weighted by molar-refractivity contribution is 0.126. The van der Waals surface area contributed by atoms with Gasteiger partial charge in [0, 0.05) is 17.1 Å². The van der Waals surface area contributed by atoms with Gasteiger partial charge in [-0.25, -0.2) is 14.4 Å². The molecule has 3 N–H and O–H groups in total. The summed E-state index contributed by atoms with van der Waals surface area (Å²) in [7, 11) is 0. The van der Waals surface area contributed by atoms with Crippen molar-refractivity contribution >= 4 is 40.3 Å². The van der Waals surface area contributed by atoms with Crippen LogP contribution in [0.3, 0.4) is 0 Å². The first-order chi connectivity index (χ1) is 15.1. The zero-order valence-corrected chi connectivity index (χ0v) is 17.9. The fourth-order valence-electron chi connectivity index (χ4n) is 4.67. The number of aliphatic hydroxyl groups is 1. The van der Waals surface area contributed by atoms with Crippen LogP contribution in [0.15, 0.2) is 24.4 Å². The standard InChI is InChI=1S/C22H26ClFN6O/c23-13-5-10-18(17(24)11-13)27-22-28-19-12-25-21(26-14-6-8-16(31)9-7-14)29-20(19)30(22)15-3-1-2-4-15/h5,10-12,14-16,31H,1-4,6-9H2,(H,27,28)(H,25,26,29)/t14-,16-. The fourth-order valence-corrected chi connectivity index (χ4v) is 4.83. The van der Waals surface area contributed by atoms with Gasteiger partial charge in [-0.05, 0) is 56.7 Å². The zero-order chi connectivity index (χ0) is 21.4. The second kappa shape index (κ2) is 8.59. The number of aromatic nitrogens is 4. The van der Waals surface area contributed by atoms with Crippen LogP contribution >= 0.6 is 11.6 Å². The largest absolute Gasteiger partial charge is 0.393 e. The molecule has 2 aromatic heterocycles. The van der Waals surface area contributed by atoms with Crippen LogP contribution in [0.2, 0.25) is 5.02 Å². The first kappa shape index (κ1) is 20.5. The Morgan fingerprint density at radius 1 is 1.06 bits per heavy atom. The van der Waals surface area contributed by atoms with Gasteiger partial charge in [0.1, 0.15) is 11.3 Å². The summed E-state index contributed by atoms with van der Waals surface area (Å²) in [5.74, 6) is 0.707. The van der Waals surface area contributed by atoms with E-state index in [9.17, 15) is 9.50 Å². The molecule has 3 aromatic rings. The molecule has 0 bridgehead atoms. The molecule has 31 heavy (non-hydrogen) atoms. The minimum atomic E-state index is -0.426. The quantitative estimate of drug-likeness (QED) is 0.501. The van der Waals surface area contributed by atoms with Crippen LogP contribution in [0.25, 0.3) is 11.2 Å². The van der Waals surface area contributed by atoms with E-state index < -0.39 is 5.82 Å². The van der Waals surface area contributed by atoms with E-state index >= 15 is 0 Å². The van der Waals surface area contributed by atoms with Crippen LogP contribution in [-0.2, 0) is 0 Å². The number of anilines is 3. The van der Waals surface area contributed by atoms with E-state index in [0.717, 1.165) is 57.0 Å². The lowest BCUT2D eigenvalue weighted by Gasteiger charge is -2.26. The van der Waals surface area contributed by atoms with Crippen molar-refractivity contribution in [3.63, 3.8) is 0 Å². The SMILES string of the molecule is O[C@H]1CC[C@H](Nc2ncc3nc(Nc4ccc(Cl)cc4F)n(C4CCCC4)c3n2)CC1. The Morgan fingerprint density at radius 2 is 1.84 bits per heavy atom. The summed E-state index contributed by atoms with van der Waals surface area (Å²) < 4.78 is 16.5. The Hall–Kier alpha value is -2.45. The molecule has 2 fully saturated rings. The molecule has 0 aliphatic heterocycles. The summed E-state index contributed by atoms with van der Waals surface area (Å²) >= 11 is 5.90. The fraction of sp³-hybridized carbons (Fsp3) is 0.500. The van der Waals surface area contributed by atoms with Gasteiger partial charge in [0.2, 0.25) is 11.9 Å². The first-order valence-corrected chi connectivity index (χ1v) is 11.4. The molecule has 0 spiro atoms. The molecule has 7 nitrogen and oxygen atoms in total. The van der Waals surface area contributed by atoms with E-state index in [-0.39, 0.29) is 18.2 Å². The molecule has 0 saturated heterocycles. The van der Waals surface area contributed by atoms with Crippen LogP contribution in [0.1, 0.15) is 57.4 Å². The zero-order valence-electron chi connectivity index (χ0n) is 17.2. The number of hydrogen-bond donors (Lipinski definition) is 3. The highest BCUT2D eigenvalue weighted by molar-refractivity contribution is 6.30. The maximum Gasteiger partial charge on any atom is 0.224 e. The number of fused-ring (bicyclic) bond motifs is 1. The van der Waals surface area contributed by atoms with E-state index in [2.05, 4.69) is 25.2 Å². The summed E-state index contributed by atoms with van der Waals surface area (Å²) in [4.78, 5) is 13.9. The van der Waals surface area contributed by atoms with Gasteiger partial charge in [-0.15, -0.1) is 0 Å². The summed E-state index contributed by atoms with van der Waals surface area (Å²) in [5, 5.41) is 16.6. The van der Waals surface area contributed by atoms with E-state index in [0.29, 0.717) is 28.1 Å². The predicted molar refractivity (Wildman–Crippen MR) is 119 cm³/mol. The lowest BCUT2D eigenvalue weighted by atomic mass is 9.93. The number of benzene rings is 1. The maximum absolute atomic E-state index is 14.4. The Labute approximate surface area is 185 Å². The average Bonchev–Trinajstić information content (AvgIpc) is 3.39. The third kappa shape index (κ3) is 4.32. The number of hydrogen-bond acceptors (Lipinski definition) is 6. The molecule has 5 rings (SSSR count). The normalized spacial score (nSPS) is 22.2. The Morgan fingerprint density at radius 3 is 2.58 bits per heavy atom. The summed E-state index contributed by atoms with van der Waals surface area (Å²) in [6, 6.07) is 5.07. The van der Waals surface area contributed by atoms with Crippen LogP contribution < -0.4 is 10.6 Å². The third-order valence-electron chi connectivity index (χ3n) is 6.33. The molecule has 9 heteroatoms. The number of imidazole rings is 1. The van der Waals surface area contributed by atoms with Gasteiger partial charge in [-0.3, -0.25) is 4.57 Å². The van der Waals surface area contributed by atoms with E-state index in [1.165, 1.54) is 6.07 Å². The average molecular weight is 445 g/mol. The van der Waals surface area contributed by atoms with Crippen LogP contribution in [0.5, 0.6) is 0 Å². The summed E-state index contributed by atoms with van der Waals surface area (Å²) in [5.41, 5.74) is 1.75. The first-order valence-electron chi connectivity index (χ1n) is 11.0. The Bertz CT molecular complexity index is 1080. The van der Waals surface area contributed by atoms with Crippen molar-refractivity contribution in [1.82, 2.24) is 19.5 Å². The van der Waals surface area contributed by atoms with Gasteiger partial charge in [-0.2, -0.15) is 4.98 Å². The van der Waals surface area contributed by atoms with Crippen molar-refractivity contribution in [1.29, 1.82) is 0 Å². The van der Waals surface area contributed by atoms with E-state index in [1.54, 1.807) is 18.3 Å². The molecule has 0 unspecified atom stereocenters. The van der Waals surface area contributed by atoms with Gasteiger partial charge in [0.05, 0.1) is 18.0 Å². The summed E-state index contributed by atoms with van der Waals surface area (Å²) in [6.45, 7) is 0. The van der Waals surface area contributed by atoms with Crippen molar-refractivity contribution in [2.45, 2.75) is 69.6 Å². The summed E-state index contributed by atoms with van der Waals surface area (Å²) in [6.07, 6.45) is 9.28. The molecule has 1 aromatic carbocycles. The lowest BCUT2D eigenvalue weighted by Crippen LogP contribution is -2.29. The van der Waals surface area contributed by atoms with Crippen molar-refractivity contribution in [3.05, 3.63) is 35.2 Å². The highest BCUT2D eigenvalue weighted by Crippen LogP contribution is 2.36. The highest BCUT2D eigenvalue weighted by atomic mass is 35.5. The van der Waals surface area contributed by atoms with E-state index in [1.807, 2.05) is 0 Å². The molecular weight excluding hydrogens is 419 g/mol.